The van der Waals surface area contributed by atoms with Crippen LogP contribution in [0.4, 0.5) is 5.69 Å². The zero-order valence-electron chi connectivity index (χ0n) is 8.97. The van der Waals surface area contributed by atoms with Crippen LogP contribution in [0.15, 0.2) is 12.3 Å². The molecule has 1 amide bonds. The number of carboxylic acids is 1. The highest BCUT2D eigenvalue weighted by Crippen LogP contribution is 2.12. The minimum absolute atomic E-state index is 0.0450. The molecule has 1 aromatic heterocycles. The molecule has 0 spiro atoms. The largest absolute Gasteiger partial charge is 0.480 e. The minimum atomic E-state index is -1.15. The number of nitrogens with one attached hydrogen (secondary N) is 2. The van der Waals surface area contributed by atoms with Crippen molar-refractivity contribution < 1.29 is 19.6 Å². The zero-order chi connectivity index (χ0) is 13.0. The van der Waals surface area contributed by atoms with Gasteiger partial charge in [-0.3, -0.25) is 14.9 Å². The summed E-state index contributed by atoms with van der Waals surface area (Å²) in [4.78, 5) is 34.3. The summed E-state index contributed by atoms with van der Waals surface area (Å²) in [5, 5.41) is 21.4. The molecule has 0 aromatic carbocycles. The van der Waals surface area contributed by atoms with Gasteiger partial charge in [0.1, 0.15) is 11.7 Å². The van der Waals surface area contributed by atoms with Crippen molar-refractivity contribution in [2.45, 2.75) is 19.4 Å². The van der Waals surface area contributed by atoms with E-state index >= 15 is 0 Å². The van der Waals surface area contributed by atoms with E-state index < -0.39 is 22.8 Å². The highest BCUT2D eigenvalue weighted by molar-refractivity contribution is 5.95. The van der Waals surface area contributed by atoms with E-state index in [-0.39, 0.29) is 17.8 Å². The van der Waals surface area contributed by atoms with E-state index in [1.807, 2.05) is 0 Å². The number of H-pyrrole nitrogens is 1. The quantitative estimate of drug-likeness (QED) is 0.511. The van der Waals surface area contributed by atoms with Gasteiger partial charge in [-0.15, -0.1) is 0 Å². The van der Waals surface area contributed by atoms with Crippen molar-refractivity contribution in [2.24, 2.45) is 0 Å². The van der Waals surface area contributed by atoms with Crippen LogP contribution < -0.4 is 5.32 Å². The number of aliphatic carboxylic acids is 1. The summed E-state index contributed by atoms with van der Waals surface area (Å²) in [5.74, 6) is -1.84. The van der Waals surface area contributed by atoms with Crippen molar-refractivity contribution in [1.82, 2.24) is 10.3 Å². The first-order chi connectivity index (χ1) is 7.95. The summed E-state index contributed by atoms with van der Waals surface area (Å²) < 4.78 is 0. The number of aromatic nitrogens is 1. The van der Waals surface area contributed by atoms with Crippen molar-refractivity contribution in [3.05, 3.63) is 28.1 Å². The minimum Gasteiger partial charge on any atom is -0.480 e. The number of hydrogen-bond donors (Lipinski definition) is 3. The van der Waals surface area contributed by atoms with Crippen molar-refractivity contribution in [3.8, 4) is 0 Å². The first-order valence-corrected chi connectivity index (χ1v) is 4.82. The van der Waals surface area contributed by atoms with Crippen LogP contribution in [0.5, 0.6) is 0 Å². The average molecular weight is 241 g/mol. The Morgan fingerprint density at radius 1 is 1.65 bits per heavy atom. The Labute approximate surface area is 95.8 Å². The van der Waals surface area contributed by atoms with E-state index in [9.17, 15) is 19.7 Å². The van der Waals surface area contributed by atoms with Crippen molar-refractivity contribution >= 4 is 17.6 Å². The molecule has 92 valence electrons. The molecule has 0 aliphatic rings. The van der Waals surface area contributed by atoms with Gasteiger partial charge in [-0.25, -0.2) is 4.79 Å². The summed E-state index contributed by atoms with van der Waals surface area (Å²) >= 11 is 0. The fraction of sp³-hybridized carbons (Fsp3) is 0.333. The predicted octanol–water partition coefficient (Wildman–Crippen LogP) is 0.516. The van der Waals surface area contributed by atoms with Gasteiger partial charge < -0.3 is 15.4 Å². The number of carboxylic acid groups (broad SMARTS) is 1. The summed E-state index contributed by atoms with van der Waals surface area (Å²) in [5.41, 5.74) is -0.296. The third-order valence-corrected chi connectivity index (χ3v) is 2.13. The lowest BCUT2D eigenvalue weighted by Gasteiger charge is -2.10. The second-order valence-electron chi connectivity index (χ2n) is 3.30. The van der Waals surface area contributed by atoms with Crippen LogP contribution in [0.1, 0.15) is 23.8 Å². The van der Waals surface area contributed by atoms with Crippen LogP contribution >= 0.6 is 0 Å². The van der Waals surface area contributed by atoms with Crippen LogP contribution in [-0.4, -0.2) is 32.9 Å². The molecule has 8 nitrogen and oxygen atoms in total. The molecule has 1 rings (SSSR count). The topological polar surface area (TPSA) is 125 Å². The number of rotatable bonds is 5. The predicted molar refractivity (Wildman–Crippen MR) is 56.6 cm³/mol. The molecule has 1 atom stereocenters. The number of carbonyl (C=O) groups is 2. The fourth-order valence-corrected chi connectivity index (χ4v) is 1.19. The highest BCUT2D eigenvalue weighted by atomic mass is 16.6. The monoisotopic (exact) mass is 241 g/mol. The SMILES string of the molecule is CCC(NC(=O)c1cc([N+](=O)[O-])c[nH]1)C(=O)O. The Bertz CT molecular complexity index is 453. The zero-order valence-corrected chi connectivity index (χ0v) is 8.97. The van der Waals surface area contributed by atoms with Gasteiger partial charge >= 0.3 is 5.97 Å². The van der Waals surface area contributed by atoms with E-state index in [0.29, 0.717) is 0 Å². The number of amides is 1. The van der Waals surface area contributed by atoms with Crippen molar-refractivity contribution in [3.63, 3.8) is 0 Å². The molecular weight excluding hydrogens is 230 g/mol. The van der Waals surface area contributed by atoms with Crippen molar-refractivity contribution in [2.75, 3.05) is 0 Å². The summed E-state index contributed by atoms with van der Waals surface area (Å²) in [6, 6.07) is 0.0361. The maximum absolute atomic E-state index is 11.5. The molecular formula is C9H11N3O5. The molecule has 8 heteroatoms. The maximum Gasteiger partial charge on any atom is 0.326 e. The Balaban J connectivity index is 2.75. The smallest absolute Gasteiger partial charge is 0.326 e. The van der Waals surface area contributed by atoms with Crippen LogP contribution in [0, 0.1) is 10.1 Å². The Morgan fingerprint density at radius 3 is 2.71 bits per heavy atom. The van der Waals surface area contributed by atoms with Crippen LogP contribution in [-0.2, 0) is 4.79 Å². The van der Waals surface area contributed by atoms with Crippen LogP contribution in [0.2, 0.25) is 0 Å². The van der Waals surface area contributed by atoms with Crippen molar-refractivity contribution in [1.29, 1.82) is 0 Å². The number of nitro groups is 1. The third kappa shape index (κ3) is 3.03. The lowest BCUT2D eigenvalue weighted by atomic mass is 10.2. The average Bonchev–Trinajstić information content (AvgIpc) is 2.74. The number of hydrogen-bond acceptors (Lipinski definition) is 4. The molecule has 0 bridgehead atoms. The molecule has 0 aliphatic heterocycles. The fourth-order valence-electron chi connectivity index (χ4n) is 1.19. The van der Waals surface area contributed by atoms with E-state index in [2.05, 4.69) is 10.3 Å². The van der Waals surface area contributed by atoms with Gasteiger partial charge in [-0.2, -0.15) is 0 Å². The number of nitrogens with zero attached hydrogens (tertiary/aromatic N) is 1. The van der Waals surface area contributed by atoms with Gasteiger partial charge in [0.25, 0.3) is 11.6 Å². The van der Waals surface area contributed by atoms with Crippen LogP contribution in [0.3, 0.4) is 0 Å². The molecule has 17 heavy (non-hydrogen) atoms. The molecule has 3 N–H and O–H groups in total. The van der Waals surface area contributed by atoms with Crippen LogP contribution in [0.25, 0.3) is 0 Å². The van der Waals surface area contributed by atoms with Gasteiger partial charge in [-0.1, -0.05) is 6.92 Å². The Hall–Kier alpha value is -2.38. The summed E-state index contributed by atoms with van der Waals surface area (Å²) in [7, 11) is 0. The Kier molecular flexibility index (Phi) is 3.81. The lowest BCUT2D eigenvalue weighted by molar-refractivity contribution is -0.384. The van der Waals surface area contributed by atoms with E-state index in [4.69, 9.17) is 5.11 Å². The molecule has 1 aromatic rings. The Morgan fingerprint density at radius 2 is 2.29 bits per heavy atom. The van der Waals surface area contributed by atoms with Gasteiger partial charge in [-0.05, 0) is 6.42 Å². The number of carbonyl (C=O) groups excluding carboxylic acids is 1. The number of aromatic amines is 1. The molecule has 0 fully saturated rings. The molecule has 0 radical (unpaired) electrons. The second kappa shape index (κ2) is 5.10. The molecule has 1 unspecified atom stereocenters. The van der Waals surface area contributed by atoms with E-state index in [1.165, 1.54) is 0 Å². The van der Waals surface area contributed by atoms with Gasteiger partial charge in [0.05, 0.1) is 11.1 Å². The van der Waals surface area contributed by atoms with E-state index in [0.717, 1.165) is 12.3 Å². The highest BCUT2D eigenvalue weighted by Gasteiger charge is 2.20. The van der Waals surface area contributed by atoms with Gasteiger partial charge in [0.15, 0.2) is 0 Å². The standard InChI is InChI=1S/C9H11N3O5/c1-2-6(9(14)15)11-8(13)7-3-5(4-10-7)12(16)17/h3-4,6,10H,2H2,1H3,(H,11,13)(H,14,15). The molecule has 0 saturated heterocycles. The lowest BCUT2D eigenvalue weighted by Crippen LogP contribution is -2.40. The normalized spacial score (nSPS) is 11.8. The summed E-state index contributed by atoms with van der Waals surface area (Å²) in [6.45, 7) is 1.61. The molecule has 0 saturated carbocycles. The van der Waals surface area contributed by atoms with Gasteiger partial charge in [0, 0.05) is 6.07 Å². The third-order valence-electron chi connectivity index (χ3n) is 2.13. The molecule has 0 aliphatic carbocycles. The van der Waals surface area contributed by atoms with Gasteiger partial charge in [0.2, 0.25) is 0 Å². The molecule has 1 heterocycles. The first-order valence-electron chi connectivity index (χ1n) is 4.82. The second-order valence-corrected chi connectivity index (χ2v) is 3.30. The maximum atomic E-state index is 11.5. The van der Waals surface area contributed by atoms with E-state index in [1.54, 1.807) is 6.92 Å². The first kappa shape index (κ1) is 12.7. The summed E-state index contributed by atoms with van der Waals surface area (Å²) in [6.07, 6.45) is 1.29.